The second kappa shape index (κ2) is 6.16. The van der Waals surface area contributed by atoms with Crippen molar-refractivity contribution in [3.8, 4) is 0 Å². The van der Waals surface area contributed by atoms with Crippen LogP contribution in [-0.2, 0) is 9.53 Å². The Hall–Kier alpha value is -0.0400. The molecule has 1 aliphatic heterocycles. The van der Waals surface area contributed by atoms with Crippen molar-refractivity contribution in [2.45, 2.75) is 44.7 Å². The average Bonchev–Trinajstić information content (AvgIpc) is 2.51. The van der Waals surface area contributed by atoms with Crippen LogP contribution in [0.25, 0.3) is 0 Å². The van der Waals surface area contributed by atoms with Crippen LogP contribution in [0.1, 0.15) is 33.6 Å². The van der Waals surface area contributed by atoms with Gasteiger partial charge >= 0.3 is 12.1 Å². The maximum Gasteiger partial charge on any atom is 0.404 e. The fraction of sp³-hybridized carbons (Fsp3) is 0.917. The standard InChI is InChI=1S/C12H19F3O2S2/c1-4-10(2,12(13,14)15)9(16)17-11(3)8-18-6-5-7-19-11/h4-8H2,1-3H3. The molecular weight excluding hydrogens is 297 g/mol. The Morgan fingerprint density at radius 1 is 1.37 bits per heavy atom. The van der Waals surface area contributed by atoms with E-state index in [1.165, 1.54) is 18.7 Å². The highest BCUT2D eigenvalue weighted by molar-refractivity contribution is 8.04. The van der Waals surface area contributed by atoms with Crippen molar-refractivity contribution >= 4 is 29.5 Å². The largest absolute Gasteiger partial charge is 0.447 e. The summed E-state index contributed by atoms with van der Waals surface area (Å²) in [6, 6.07) is 0. The Morgan fingerprint density at radius 3 is 2.53 bits per heavy atom. The number of rotatable bonds is 3. The molecule has 112 valence electrons. The summed E-state index contributed by atoms with van der Waals surface area (Å²) in [7, 11) is 0. The first-order chi connectivity index (χ1) is 8.65. The first kappa shape index (κ1) is 17.0. The minimum Gasteiger partial charge on any atom is -0.447 e. The summed E-state index contributed by atoms with van der Waals surface area (Å²) < 4.78 is 44.2. The van der Waals surface area contributed by atoms with Gasteiger partial charge in [0.05, 0.1) is 0 Å². The first-order valence-corrected chi connectivity index (χ1v) is 8.30. The van der Waals surface area contributed by atoms with Gasteiger partial charge in [-0.3, -0.25) is 4.79 Å². The fourth-order valence-electron chi connectivity index (χ4n) is 1.58. The lowest BCUT2D eigenvalue weighted by Crippen LogP contribution is -2.46. The number of carbonyl (C=O) groups is 1. The lowest BCUT2D eigenvalue weighted by Gasteiger charge is -2.34. The summed E-state index contributed by atoms with van der Waals surface area (Å²) in [6.45, 7) is 3.96. The van der Waals surface area contributed by atoms with Crippen LogP contribution in [0.2, 0.25) is 0 Å². The van der Waals surface area contributed by atoms with E-state index in [-0.39, 0.29) is 6.42 Å². The van der Waals surface area contributed by atoms with E-state index in [2.05, 4.69) is 0 Å². The topological polar surface area (TPSA) is 26.3 Å². The molecule has 0 bridgehead atoms. The zero-order valence-corrected chi connectivity index (χ0v) is 12.9. The van der Waals surface area contributed by atoms with Gasteiger partial charge in [0.15, 0.2) is 10.3 Å². The maximum atomic E-state index is 13.0. The van der Waals surface area contributed by atoms with Crippen LogP contribution in [0.4, 0.5) is 13.2 Å². The van der Waals surface area contributed by atoms with Crippen molar-refractivity contribution in [1.29, 1.82) is 0 Å². The quantitative estimate of drug-likeness (QED) is 0.733. The molecule has 2 atom stereocenters. The van der Waals surface area contributed by atoms with Gasteiger partial charge in [-0.15, -0.1) is 11.8 Å². The van der Waals surface area contributed by atoms with Crippen LogP contribution in [0.3, 0.4) is 0 Å². The summed E-state index contributed by atoms with van der Waals surface area (Å²) in [5.74, 6) is 1.11. The van der Waals surface area contributed by atoms with Gasteiger partial charge in [0.2, 0.25) is 0 Å². The van der Waals surface area contributed by atoms with Crippen LogP contribution in [0.15, 0.2) is 0 Å². The normalized spacial score (nSPS) is 28.3. The van der Waals surface area contributed by atoms with Gasteiger partial charge in [0.25, 0.3) is 0 Å². The Balaban J connectivity index is 2.82. The highest BCUT2D eigenvalue weighted by atomic mass is 32.2. The number of esters is 1. The molecule has 0 amide bonds. The second-order valence-corrected chi connectivity index (χ2v) is 7.63. The van der Waals surface area contributed by atoms with Crippen molar-refractivity contribution in [2.24, 2.45) is 5.41 Å². The number of carbonyl (C=O) groups excluding carboxylic acids is 1. The molecule has 0 aromatic carbocycles. The lowest BCUT2D eigenvalue weighted by molar-refractivity contribution is -0.233. The van der Waals surface area contributed by atoms with E-state index >= 15 is 0 Å². The number of hydrogen-bond donors (Lipinski definition) is 0. The molecule has 2 nitrogen and oxygen atoms in total. The van der Waals surface area contributed by atoms with Gasteiger partial charge in [0.1, 0.15) is 0 Å². The zero-order chi connectivity index (χ0) is 14.7. The zero-order valence-electron chi connectivity index (χ0n) is 11.3. The van der Waals surface area contributed by atoms with E-state index in [4.69, 9.17) is 4.74 Å². The molecule has 0 spiro atoms. The Bertz CT molecular complexity index is 325. The highest BCUT2D eigenvalue weighted by Crippen LogP contribution is 2.44. The summed E-state index contributed by atoms with van der Waals surface area (Å²) in [6.07, 6.45) is -3.92. The molecule has 1 rings (SSSR count). The van der Waals surface area contributed by atoms with Gasteiger partial charge in [-0.2, -0.15) is 24.9 Å². The van der Waals surface area contributed by atoms with E-state index in [1.54, 1.807) is 18.7 Å². The third-order valence-electron chi connectivity index (χ3n) is 3.30. The molecule has 19 heavy (non-hydrogen) atoms. The number of halogens is 3. The van der Waals surface area contributed by atoms with Gasteiger partial charge in [-0.05, 0) is 38.2 Å². The van der Waals surface area contributed by atoms with Gasteiger partial charge < -0.3 is 4.74 Å². The van der Waals surface area contributed by atoms with E-state index in [0.717, 1.165) is 24.9 Å². The maximum absolute atomic E-state index is 13.0. The summed E-state index contributed by atoms with van der Waals surface area (Å²) in [4.78, 5) is 11.1. The predicted octanol–water partition coefficient (Wildman–Crippen LogP) is 4.09. The number of thioether (sulfide) groups is 2. The summed E-state index contributed by atoms with van der Waals surface area (Å²) >= 11 is 3.03. The minimum absolute atomic E-state index is 0.316. The Morgan fingerprint density at radius 2 is 2.00 bits per heavy atom. The van der Waals surface area contributed by atoms with Crippen LogP contribution < -0.4 is 0 Å². The molecule has 1 saturated heterocycles. The van der Waals surface area contributed by atoms with E-state index in [1.807, 2.05) is 0 Å². The molecule has 0 aromatic heterocycles. The average molecular weight is 316 g/mol. The Labute approximate surface area is 120 Å². The smallest absolute Gasteiger partial charge is 0.404 e. The molecular formula is C12H19F3O2S2. The third-order valence-corrected chi connectivity index (χ3v) is 6.14. The number of ether oxygens (including phenoxy) is 1. The molecule has 1 fully saturated rings. The minimum atomic E-state index is -4.59. The molecule has 1 aliphatic rings. The molecule has 0 aliphatic carbocycles. The van der Waals surface area contributed by atoms with Crippen LogP contribution >= 0.6 is 23.5 Å². The number of hydrogen-bond acceptors (Lipinski definition) is 4. The summed E-state index contributed by atoms with van der Waals surface area (Å²) in [5, 5.41) is 0. The first-order valence-electron chi connectivity index (χ1n) is 6.16. The third kappa shape index (κ3) is 3.97. The van der Waals surface area contributed by atoms with Crippen molar-refractivity contribution in [3.05, 3.63) is 0 Å². The lowest BCUT2D eigenvalue weighted by atomic mass is 9.87. The van der Waals surface area contributed by atoms with Crippen LogP contribution in [-0.4, -0.2) is 34.3 Å². The van der Waals surface area contributed by atoms with Gasteiger partial charge in [0, 0.05) is 5.75 Å². The molecule has 0 aromatic rings. The van der Waals surface area contributed by atoms with E-state index in [0.29, 0.717) is 5.75 Å². The van der Waals surface area contributed by atoms with Crippen LogP contribution in [0, 0.1) is 5.41 Å². The second-order valence-electron chi connectivity index (χ2n) is 4.96. The molecule has 7 heteroatoms. The van der Waals surface area contributed by atoms with Gasteiger partial charge in [-0.1, -0.05) is 6.92 Å². The molecule has 0 radical (unpaired) electrons. The summed E-state index contributed by atoms with van der Waals surface area (Å²) in [5.41, 5.74) is -2.42. The van der Waals surface area contributed by atoms with Crippen LogP contribution in [0.5, 0.6) is 0 Å². The van der Waals surface area contributed by atoms with Gasteiger partial charge in [-0.25, -0.2) is 0 Å². The van der Waals surface area contributed by atoms with Crippen molar-refractivity contribution in [2.75, 3.05) is 17.3 Å². The number of alkyl halides is 3. The molecule has 0 N–H and O–H groups in total. The van der Waals surface area contributed by atoms with Crippen molar-refractivity contribution in [3.63, 3.8) is 0 Å². The Kier molecular flexibility index (Phi) is 5.52. The van der Waals surface area contributed by atoms with Crippen molar-refractivity contribution < 1.29 is 22.7 Å². The molecule has 1 heterocycles. The fourth-order valence-corrected chi connectivity index (χ4v) is 4.12. The van der Waals surface area contributed by atoms with Crippen molar-refractivity contribution in [1.82, 2.24) is 0 Å². The molecule has 0 saturated carbocycles. The molecule has 2 unspecified atom stereocenters. The van der Waals surface area contributed by atoms with E-state index in [9.17, 15) is 18.0 Å². The predicted molar refractivity (Wildman–Crippen MR) is 73.4 cm³/mol. The SMILES string of the molecule is CCC(C)(C(=O)OC1(C)CSCCCS1)C(F)(F)F. The van der Waals surface area contributed by atoms with E-state index < -0.39 is 22.5 Å². The monoisotopic (exact) mass is 316 g/mol. The highest BCUT2D eigenvalue weighted by Gasteiger charge is 2.57.